The Morgan fingerprint density at radius 2 is 0.828 bits per heavy atom. The molecule has 0 spiro atoms. The zero-order valence-corrected chi connectivity index (χ0v) is 32.5. The van der Waals surface area contributed by atoms with E-state index in [0.29, 0.717) is 25.7 Å². The van der Waals surface area contributed by atoms with Gasteiger partial charge in [0.05, 0.1) is 13.1 Å². The minimum Gasteiger partial charge on any atom is -0.412 e. The molecular formula is C38H56N8O12. The zero-order chi connectivity index (χ0) is 38.8. The van der Waals surface area contributed by atoms with Gasteiger partial charge >= 0.3 is 0 Å². The summed E-state index contributed by atoms with van der Waals surface area (Å²) in [6.07, 6.45) is 1.88. The summed E-state index contributed by atoms with van der Waals surface area (Å²) in [7, 11) is 0. The van der Waals surface area contributed by atoms with Crippen LogP contribution in [-0.2, 0) is 51.2 Å². The van der Waals surface area contributed by atoms with Gasteiger partial charge < -0.3 is 63.6 Å². The van der Waals surface area contributed by atoms with E-state index in [1.54, 1.807) is 48.5 Å². The van der Waals surface area contributed by atoms with Gasteiger partial charge in [-0.2, -0.15) is 0 Å². The van der Waals surface area contributed by atoms with Crippen LogP contribution in [0.2, 0.25) is 0 Å². The Kier molecular flexibility index (Phi) is 20.1. The monoisotopic (exact) mass is 816 g/mol. The van der Waals surface area contributed by atoms with Crippen LogP contribution in [0, 0.1) is 0 Å². The standard InChI is InChI=1S/C38H48N8O8.4H2O/c1-23-33(49)39-21-31(47)45-17-9-16-30(45)38(54)44-28(20-26-13-7-4-8-14-26)36(52)42-24(2)34(50)40-22-32(48)46-18-10-15-29(46)37(53)43-27(35(51)41-23)19-25-11-5-3-6-12-25;;;;/h3-8,11-14,23-24,27-30H,9-10,15-22H2,1-2H3,(H,39,49)(H,40,50)(H,41,51)(H,42,52)(H,43,53)(H,44,54);4*1H2/t23-,24-,27-,28-,29-,30-;;;;/m0..../s1. The Balaban J connectivity index is 0.00000420. The minimum atomic E-state index is -1.11. The third-order valence-corrected chi connectivity index (χ3v) is 9.91. The molecule has 20 heteroatoms. The van der Waals surface area contributed by atoms with Crippen molar-refractivity contribution < 1.29 is 60.3 Å². The van der Waals surface area contributed by atoms with Crippen molar-refractivity contribution in [2.75, 3.05) is 26.2 Å². The maximum atomic E-state index is 13.6. The number of rotatable bonds is 4. The topological polar surface area (TPSA) is 341 Å². The lowest BCUT2D eigenvalue weighted by molar-refractivity contribution is -0.141. The molecule has 2 aromatic rings. The summed E-state index contributed by atoms with van der Waals surface area (Å²) in [6, 6.07) is 11.7. The SMILES string of the molecule is C[C@@H]1NC(=O)[C@H](Cc2ccccc2)NC(=O)[C@@H]2CCCN2C(=O)CNC(=O)[C@H](C)NC(=O)[C@H](Cc2ccccc2)NC(=O)[C@@H]2CCCN2C(=O)CNC1=O.O.O.O.O. The van der Waals surface area contributed by atoms with Crippen molar-refractivity contribution in [1.82, 2.24) is 41.7 Å². The molecule has 3 saturated heterocycles. The van der Waals surface area contributed by atoms with Crippen LogP contribution in [0.5, 0.6) is 0 Å². The second-order valence-corrected chi connectivity index (χ2v) is 13.9. The van der Waals surface area contributed by atoms with E-state index in [0.717, 1.165) is 11.1 Å². The molecule has 14 N–H and O–H groups in total. The molecule has 3 aliphatic heterocycles. The van der Waals surface area contributed by atoms with Gasteiger partial charge in [-0.15, -0.1) is 0 Å². The van der Waals surface area contributed by atoms with Crippen LogP contribution in [0.3, 0.4) is 0 Å². The fourth-order valence-corrected chi connectivity index (χ4v) is 6.92. The number of nitrogens with one attached hydrogen (secondary N) is 6. The van der Waals surface area contributed by atoms with E-state index < -0.39 is 96.6 Å². The average Bonchev–Trinajstić information content (AvgIpc) is 3.87. The summed E-state index contributed by atoms with van der Waals surface area (Å²) in [5.74, 6) is -4.76. The fraction of sp³-hybridized carbons (Fsp3) is 0.474. The van der Waals surface area contributed by atoms with E-state index in [1.807, 2.05) is 12.1 Å². The molecular weight excluding hydrogens is 760 g/mol. The third kappa shape index (κ3) is 13.0. The first-order valence-corrected chi connectivity index (χ1v) is 18.3. The third-order valence-electron chi connectivity index (χ3n) is 9.91. The van der Waals surface area contributed by atoms with E-state index in [9.17, 15) is 38.4 Å². The van der Waals surface area contributed by atoms with Crippen molar-refractivity contribution in [1.29, 1.82) is 0 Å². The van der Waals surface area contributed by atoms with Crippen LogP contribution in [0.1, 0.15) is 50.7 Å². The number of nitrogens with zero attached hydrogens (tertiary/aromatic N) is 2. The first-order valence-electron chi connectivity index (χ1n) is 18.3. The van der Waals surface area contributed by atoms with Gasteiger partial charge in [0.15, 0.2) is 0 Å². The Morgan fingerprint density at radius 1 is 0.483 bits per heavy atom. The fourth-order valence-electron chi connectivity index (χ4n) is 6.92. The van der Waals surface area contributed by atoms with Crippen molar-refractivity contribution >= 4 is 47.3 Å². The van der Waals surface area contributed by atoms with Crippen LogP contribution in [0.4, 0.5) is 0 Å². The highest BCUT2D eigenvalue weighted by Crippen LogP contribution is 2.20. The first-order chi connectivity index (χ1) is 25.9. The molecule has 3 heterocycles. The maximum Gasteiger partial charge on any atom is 0.243 e. The van der Waals surface area contributed by atoms with Gasteiger partial charge in [-0.05, 0) is 50.7 Å². The van der Waals surface area contributed by atoms with Gasteiger partial charge in [-0.3, -0.25) is 38.4 Å². The lowest BCUT2D eigenvalue weighted by Crippen LogP contribution is -2.58. The average molecular weight is 817 g/mol. The first kappa shape index (κ1) is 50.1. The predicted octanol–water partition coefficient (Wildman–Crippen LogP) is -4.62. The summed E-state index contributed by atoms with van der Waals surface area (Å²) in [6.45, 7) is 2.51. The second kappa shape index (κ2) is 23.3. The van der Waals surface area contributed by atoms with Crippen LogP contribution >= 0.6 is 0 Å². The smallest absolute Gasteiger partial charge is 0.243 e. The van der Waals surface area contributed by atoms with Gasteiger partial charge in [0.1, 0.15) is 36.3 Å². The van der Waals surface area contributed by atoms with Crippen LogP contribution in [0.15, 0.2) is 60.7 Å². The quantitative estimate of drug-likeness (QED) is 0.174. The molecule has 2 aromatic carbocycles. The van der Waals surface area contributed by atoms with E-state index in [1.165, 1.54) is 23.6 Å². The Labute approximate surface area is 335 Å². The summed E-state index contributed by atoms with van der Waals surface area (Å²) >= 11 is 0. The molecule has 6 atom stereocenters. The summed E-state index contributed by atoms with van der Waals surface area (Å²) < 4.78 is 0. The molecule has 58 heavy (non-hydrogen) atoms. The molecule has 0 saturated carbocycles. The lowest BCUT2D eigenvalue weighted by Gasteiger charge is -2.28. The lowest BCUT2D eigenvalue weighted by atomic mass is 10.0. The summed E-state index contributed by atoms with van der Waals surface area (Å²) in [5, 5.41) is 15.8. The van der Waals surface area contributed by atoms with Crippen molar-refractivity contribution in [2.45, 2.75) is 88.6 Å². The largest absolute Gasteiger partial charge is 0.412 e. The van der Waals surface area contributed by atoms with Crippen molar-refractivity contribution in [3.63, 3.8) is 0 Å². The number of fused-ring (bicyclic) bond motifs is 2. The molecule has 20 nitrogen and oxygen atoms in total. The van der Waals surface area contributed by atoms with Crippen molar-refractivity contribution in [3.8, 4) is 0 Å². The Bertz CT molecular complexity index is 1610. The molecule has 0 aromatic heterocycles. The van der Waals surface area contributed by atoms with E-state index in [2.05, 4.69) is 31.9 Å². The van der Waals surface area contributed by atoms with E-state index in [4.69, 9.17) is 0 Å². The van der Waals surface area contributed by atoms with Crippen molar-refractivity contribution in [3.05, 3.63) is 71.8 Å². The zero-order valence-electron chi connectivity index (χ0n) is 32.5. The molecule has 0 aliphatic carbocycles. The number of carbonyl (C=O) groups excluding carboxylic acids is 8. The maximum absolute atomic E-state index is 13.6. The second-order valence-electron chi connectivity index (χ2n) is 13.9. The molecule has 8 amide bonds. The molecule has 0 bridgehead atoms. The molecule has 0 radical (unpaired) electrons. The number of hydrogen-bond donors (Lipinski definition) is 6. The van der Waals surface area contributed by atoms with Crippen LogP contribution in [0.25, 0.3) is 0 Å². The predicted molar refractivity (Wildman–Crippen MR) is 209 cm³/mol. The molecule has 3 fully saturated rings. The number of hydrogen-bond acceptors (Lipinski definition) is 8. The number of amides is 8. The van der Waals surface area contributed by atoms with Gasteiger partial charge in [0.2, 0.25) is 47.3 Å². The molecule has 0 unspecified atom stereocenters. The normalized spacial score (nSPS) is 25.1. The van der Waals surface area contributed by atoms with Gasteiger partial charge in [0.25, 0.3) is 0 Å². The van der Waals surface area contributed by atoms with E-state index in [-0.39, 0.29) is 47.8 Å². The highest BCUT2D eigenvalue weighted by Gasteiger charge is 2.38. The van der Waals surface area contributed by atoms with Gasteiger partial charge in [-0.1, -0.05) is 60.7 Å². The number of benzene rings is 2. The van der Waals surface area contributed by atoms with Crippen molar-refractivity contribution in [2.24, 2.45) is 0 Å². The highest BCUT2D eigenvalue weighted by atomic mass is 16.2. The highest BCUT2D eigenvalue weighted by molar-refractivity contribution is 5.98. The van der Waals surface area contributed by atoms with Crippen LogP contribution in [-0.4, -0.2) is 141 Å². The van der Waals surface area contributed by atoms with Gasteiger partial charge in [0, 0.05) is 25.9 Å². The van der Waals surface area contributed by atoms with E-state index >= 15 is 0 Å². The van der Waals surface area contributed by atoms with Crippen LogP contribution < -0.4 is 31.9 Å². The molecule has 5 rings (SSSR count). The number of carbonyl (C=O) groups is 8. The minimum absolute atomic E-state index is 0. The molecule has 320 valence electrons. The van der Waals surface area contributed by atoms with Gasteiger partial charge in [-0.25, -0.2) is 0 Å². The summed E-state index contributed by atoms with van der Waals surface area (Å²) in [4.78, 5) is 110. The Hall–Kier alpha value is -5.96. The summed E-state index contributed by atoms with van der Waals surface area (Å²) in [5.41, 5.74) is 1.49. The molecule has 3 aliphatic rings. The Morgan fingerprint density at radius 3 is 1.17 bits per heavy atom.